The average Bonchev–Trinajstić information content (AvgIpc) is 2.45. The van der Waals surface area contributed by atoms with E-state index in [0.29, 0.717) is 17.5 Å². The van der Waals surface area contributed by atoms with E-state index in [4.69, 9.17) is 0 Å². The van der Waals surface area contributed by atoms with Crippen molar-refractivity contribution >= 4 is 5.91 Å². The first-order valence-corrected chi connectivity index (χ1v) is 7.09. The fourth-order valence-corrected chi connectivity index (χ4v) is 2.49. The molecule has 2 rings (SSSR count). The molecule has 1 atom stereocenters. The highest BCUT2D eigenvalue weighted by Crippen LogP contribution is 2.18. The lowest BCUT2D eigenvalue weighted by molar-refractivity contribution is 0.0672. The lowest BCUT2D eigenvalue weighted by Gasteiger charge is -2.33. The molecule has 1 N–H and O–H groups in total. The zero-order valence-corrected chi connectivity index (χ0v) is 11.8. The van der Waals surface area contributed by atoms with Crippen molar-refractivity contribution < 1.29 is 4.79 Å². The summed E-state index contributed by atoms with van der Waals surface area (Å²) < 4.78 is 0. The third kappa shape index (κ3) is 4.03. The molecule has 1 aliphatic rings. The van der Waals surface area contributed by atoms with Crippen molar-refractivity contribution in [1.29, 1.82) is 0 Å². The maximum absolute atomic E-state index is 12.3. The van der Waals surface area contributed by atoms with E-state index < -0.39 is 0 Å². The number of rotatable bonds is 4. The number of pyridine rings is 1. The number of likely N-dealkylation sites (tertiary alicyclic amines) is 1. The summed E-state index contributed by atoms with van der Waals surface area (Å²) in [6.07, 6.45) is 5.65. The molecule has 0 bridgehead atoms. The summed E-state index contributed by atoms with van der Waals surface area (Å²) in [6, 6.07) is 4.16. The van der Waals surface area contributed by atoms with Crippen LogP contribution in [-0.2, 0) is 0 Å². The Morgan fingerprint density at radius 2 is 2.42 bits per heavy atom. The molecule has 1 fully saturated rings. The number of nitrogens with one attached hydrogen (secondary N) is 1. The second-order valence-corrected chi connectivity index (χ2v) is 5.56. The molecule has 2 heterocycles. The summed E-state index contributed by atoms with van der Waals surface area (Å²) in [5.74, 6) is 0.680. The van der Waals surface area contributed by atoms with Gasteiger partial charge in [-0.2, -0.15) is 0 Å². The lowest BCUT2D eigenvalue weighted by Crippen LogP contribution is -2.43. The summed E-state index contributed by atoms with van der Waals surface area (Å²) in [4.78, 5) is 18.3. The topological polar surface area (TPSA) is 45.2 Å². The number of aromatic nitrogens is 1. The first-order chi connectivity index (χ1) is 9.16. The summed E-state index contributed by atoms with van der Waals surface area (Å²) in [5, 5.41) is 3.46. The molecule has 0 spiro atoms. The maximum Gasteiger partial charge on any atom is 0.255 e. The van der Waals surface area contributed by atoms with Gasteiger partial charge in [-0.05, 0) is 37.4 Å². The van der Waals surface area contributed by atoms with Crippen molar-refractivity contribution in [2.24, 2.45) is 5.92 Å². The number of carbonyl (C=O) groups excluding carboxylic acids is 1. The lowest BCUT2D eigenvalue weighted by atomic mass is 9.97. The minimum absolute atomic E-state index is 0.113. The molecule has 0 radical (unpaired) electrons. The minimum atomic E-state index is 0.113. The second kappa shape index (κ2) is 6.66. The van der Waals surface area contributed by atoms with Crippen LogP contribution in [0.1, 0.15) is 37.0 Å². The number of piperidine rings is 1. The van der Waals surface area contributed by atoms with Crippen LogP contribution in [0.2, 0.25) is 0 Å². The Kier molecular flexibility index (Phi) is 4.91. The largest absolute Gasteiger partial charge is 0.338 e. The number of nitrogens with zero attached hydrogens (tertiary/aromatic N) is 2. The fraction of sp³-hybridized carbons (Fsp3) is 0.600. The van der Waals surface area contributed by atoms with Gasteiger partial charge in [0, 0.05) is 31.5 Å². The van der Waals surface area contributed by atoms with Gasteiger partial charge in [-0.3, -0.25) is 9.78 Å². The molecule has 0 aliphatic carbocycles. The average molecular weight is 261 g/mol. The van der Waals surface area contributed by atoms with E-state index in [0.717, 1.165) is 26.1 Å². The van der Waals surface area contributed by atoms with E-state index in [1.54, 1.807) is 12.4 Å². The second-order valence-electron chi connectivity index (χ2n) is 5.56. The highest BCUT2D eigenvalue weighted by atomic mass is 16.2. The molecule has 104 valence electrons. The Balaban J connectivity index is 1.92. The fourth-order valence-electron chi connectivity index (χ4n) is 2.49. The summed E-state index contributed by atoms with van der Waals surface area (Å²) in [6.45, 7) is 7.02. The van der Waals surface area contributed by atoms with E-state index in [1.165, 1.54) is 6.42 Å². The molecule has 1 aromatic heterocycles. The van der Waals surface area contributed by atoms with Gasteiger partial charge in [0.15, 0.2) is 0 Å². The standard InChI is InChI=1S/C15H23N3O/c1-12(2)17-9-13-5-4-8-18(11-13)15(19)14-6-3-7-16-10-14/h3,6-7,10,12-13,17H,4-5,8-9,11H2,1-2H3. The Morgan fingerprint density at radius 3 is 3.11 bits per heavy atom. The molecule has 4 heteroatoms. The van der Waals surface area contributed by atoms with E-state index >= 15 is 0 Å². The predicted octanol–water partition coefficient (Wildman–Crippen LogP) is 1.93. The highest BCUT2D eigenvalue weighted by molar-refractivity contribution is 5.93. The van der Waals surface area contributed by atoms with Crippen LogP contribution in [0, 0.1) is 5.92 Å². The van der Waals surface area contributed by atoms with E-state index in [2.05, 4.69) is 24.1 Å². The van der Waals surface area contributed by atoms with Gasteiger partial charge in [0.05, 0.1) is 5.56 Å². The zero-order valence-electron chi connectivity index (χ0n) is 11.8. The van der Waals surface area contributed by atoms with Crippen molar-refractivity contribution in [2.45, 2.75) is 32.7 Å². The Bertz CT molecular complexity index is 405. The minimum Gasteiger partial charge on any atom is -0.338 e. The number of carbonyl (C=O) groups is 1. The van der Waals surface area contributed by atoms with Gasteiger partial charge < -0.3 is 10.2 Å². The third-order valence-corrected chi connectivity index (χ3v) is 3.53. The van der Waals surface area contributed by atoms with E-state index in [-0.39, 0.29) is 5.91 Å². The first kappa shape index (κ1) is 14.0. The van der Waals surface area contributed by atoms with Crippen LogP contribution in [0.5, 0.6) is 0 Å². The van der Waals surface area contributed by atoms with Gasteiger partial charge in [0.2, 0.25) is 0 Å². The number of amides is 1. The van der Waals surface area contributed by atoms with Gasteiger partial charge >= 0.3 is 0 Å². The molecule has 1 aromatic rings. The smallest absolute Gasteiger partial charge is 0.255 e. The van der Waals surface area contributed by atoms with Crippen LogP contribution >= 0.6 is 0 Å². The molecule has 1 unspecified atom stereocenters. The van der Waals surface area contributed by atoms with Crippen molar-refractivity contribution in [3.05, 3.63) is 30.1 Å². The molecule has 19 heavy (non-hydrogen) atoms. The Labute approximate surface area is 115 Å². The monoisotopic (exact) mass is 261 g/mol. The van der Waals surface area contributed by atoms with Crippen LogP contribution in [0.3, 0.4) is 0 Å². The van der Waals surface area contributed by atoms with E-state index in [1.807, 2.05) is 17.0 Å². The summed E-state index contributed by atoms with van der Waals surface area (Å²) in [7, 11) is 0. The third-order valence-electron chi connectivity index (χ3n) is 3.53. The van der Waals surface area contributed by atoms with Gasteiger partial charge in [-0.15, -0.1) is 0 Å². The Hall–Kier alpha value is -1.42. The molecule has 1 saturated heterocycles. The van der Waals surface area contributed by atoms with Gasteiger partial charge in [0.1, 0.15) is 0 Å². The van der Waals surface area contributed by atoms with Crippen molar-refractivity contribution in [1.82, 2.24) is 15.2 Å². The Morgan fingerprint density at radius 1 is 1.58 bits per heavy atom. The number of hydrogen-bond acceptors (Lipinski definition) is 3. The normalized spacial score (nSPS) is 19.7. The van der Waals surface area contributed by atoms with Crippen LogP contribution in [-0.4, -0.2) is 41.5 Å². The molecule has 1 amide bonds. The van der Waals surface area contributed by atoms with Gasteiger partial charge in [-0.1, -0.05) is 13.8 Å². The molecule has 1 aliphatic heterocycles. The zero-order chi connectivity index (χ0) is 13.7. The van der Waals surface area contributed by atoms with Crippen molar-refractivity contribution in [2.75, 3.05) is 19.6 Å². The van der Waals surface area contributed by atoms with Crippen LogP contribution in [0.4, 0.5) is 0 Å². The van der Waals surface area contributed by atoms with Crippen LogP contribution in [0.15, 0.2) is 24.5 Å². The van der Waals surface area contributed by atoms with Gasteiger partial charge in [0.25, 0.3) is 5.91 Å². The number of hydrogen-bond donors (Lipinski definition) is 1. The van der Waals surface area contributed by atoms with Gasteiger partial charge in [-0.25, -0.2) is 0 Å². The molecular weight excluding hydrogens is 238 g/mol. The molecule has 0 saturated carbocycles. The molecular formula is C15H23N3O. The summed E-state index contributed by atoms with van der Waals surface area (Å²) >= 11 is 0. The SMILES string of the molecule is CC(C)NCC1CCCN(C(=O)c2cccnc2)C1. The molecule has 4 nitrogen and oxygen atoms in total. The van der Waals surface area contributed by atoms with E-state index in [9.17, 15) is 4.79 Å². The summed E-state index contributed by atoms with van der Waals surface area (Å²) in [5.41, 5.74) is 0.694. The van der Waals surface area contributed by atoms with Crippen molar-refractivity contribution in [3.8, 4) is 0 Å². The van der Waals surface area contributed by atoms with Crippen molar-refractivity contribution in [3.63, 3.8) is 0 Å². The van der Waals surface area contributed by atoms with Crippen LogP contribution < -0.4 is 5.32 Å². The first-order valence-electron chi connectivity index (χ1n) is 7.09. The highest BCUT2D eigenvalue weighted by Gasteiger charge is 2.24. The predicted molar refractivity (Wildman–Crippen MR) is 76.0 cm³/mol. The molecule has 0 aromatic carbocycles. The van der Waals surface area contributed by atoms with Crippen LogP contribution in [0.25, 0.3) is 0 Å². The maximum atomic E-state index is 12.3. The quantitative estimate of drug-likeness (QED) is 0.901.